The zero-order chi connectivity index (χ0) is 8.77. The Morgan fingerprint density at radius 2 is 1.92 bits per heavy atom. The van der Waals surface area contributed by atoms with Gasteiger partial charge in [-0.15, -0.1) is 12.4 Å². The number of nitrogens with two attached hydrogens (primary N) is 1. The highest BCUT2D eigenvalue weighted by atomic mass is 35.5. The molecule has 3 N–H and O–H groups in total. The number of carbonyl (C=O) groups is 1. The number of hydrogen-bond acceptors (Lipinski definition) is 2. The van der Waals surface area contributed by atoms with Gasteiger partial charge in [0.1, 0.15) is 0 Å². The van der Waals surface area contributed by atoms with Gasteiger partial charge in [0.25, 0.3) is 0 Å². The monoisotopic (exact) mass is 205 g/mol. The van der Waals surface area contributed by atoms with Gasteiger partial charge in [0, 0.05) is 12.5 Å². The molecule has 4 heteroatoms. The number of carboxylic acids is 1. The maximum Gasteiger partial charge on any atom is 0.303 e. The largest absolute Gasteiger partial charge is 0.481 e. The SMILES string of the molecule is Cl.NC1CC2(C1)CC(CC(=O)O)C2. The molecule has 2 rings (SSSR count). The van der Waals surface area contributed by atoms with Gasteiger partial charge in [0.15, 0.2) is 0 Å². The molecule has 13 heavy (non-hydrogen) atoms. The lowest BCUT2D eigenvalue weighted by atomic mass is 9.50. The van der Waals surface area contributed by atoms with Crippen molar-refractivity contribution in [3.63, 3.8) is 0 Å². The van der Waals surface area contributed by atoms with E-state index in [0.29, 0.717) is 23.8 Å². The number of aliphatic carboxylic acids is 1. The Hall–Kier alpha value is -0.280. The van der Waals surface area contributed by atoms with Crippen LogP contribution in [0.3, 0.4) is 0 Å². The molecular formula is C9H16ClNO2. The summed E-state index contributed by atoms with van der Waals surface area (Å²) in [5, 5.41) is 8.54. The average molecular weight is 206 g/mol. The fourth-order valence-corrected chi connectivity index (χ4v) is 2.94. The molecule has 0 aromatic heterocycles. The van der Waals surface area contributed by atoms with Gasteiger partial charge in [-0.25, -0.2) is 0 Å². The van der Waals surface area contributed by atoms with Crippen LogP contribution in [-0.4, -0.2) is 17.1 Å². The zero-order valence-electron chi connectivity index (χ0n) is 7.53. The Kier molecular flexibility index (Phi) is 2.88. The molecule has 2 aliphatic carbocycles. The van der Waals surface area contributed by atoms with Crippen molar-refractivity contribution in [2.75, 3.05) is 0 Å². The van der Waals surface area contributed by atoms with Crippen LogP contribution in [0.4, 0.5) is 0 Å². The lowest BCUT2D eigenvalue weighted by Gasteiger charge is -2.56. The van der Waals surface area contributed by atoms with Crippen molar-refractivity contribution >= 4 is 18.4 Å². The molecule has 0 aromatic carbocycles. The molecule has 1 spiro atoms. The topological polar surface area (TPSA) is 63.3 Å². The molecule has 0 atom stereocenters. The van der Waals surface area contributed by atoms with E-state index in [1.807, 2.05) is 0 Å². The molecule has 3 nitrogen and oxygen atoms in total. The van der Waals surface area contributed by atoms with E-state index >= 15 is 0 Å². The quantitative estimate of drug-likeness (QED) is 0.717. The van der Waals surface area contributed by atoms with Gasteiger partial charge in [-0.2, -0.15) is 0 Å². The van der Waals surface area contributed by atoms with Crippen LogP contribution in [0, 0.1) is 11.3 Å². The molecule has 0 bridgehead atoms. The molecule has 2 fully saturated rings. The molecular weight excluding hydrogens is 190 g/mol. The van der Waals surface area contributed by atoms with Crippen molar-refractivity contribution in [3.8, 4) is 0 Å². The minimum absolute atomic E-state index is 0. The van der Waals surface area contributed by atoms with Gasteiger partial charge in [0.05, 0.1) is 0 Å². The van der Waals surface area contributed by atoms with Crippen LogP contribution in [0.25, 0.3) is 0 Å². The number of halogens is 1. The summed E-state index contributed by atoms with van der Waals surface area (Å²) in [5.74, 6) is -0.214. The highest BCUT2D eigenvalue weighted by Gasteiger charge is 2.51. The summed E-state index contributed by atoms with van der Waals surface area (Å²) in [5.41, 5.74) is 6.18. The summed E-state index contributed by atoms with van der Waals surface area (Å²) in [4.78, 5) is 10.4. The van der Waals surface area contributed by atoms with Crippen LogP contribution in [0.15, 0.2) is 0 Å². The maximum atomic E-state index is 10.4. The van der Waals surface area contributed by atoms with Crippen molar-refractivity contribution < 1.29 is 9.90 Å². The smallest absolute Gasteiger partial charge is 0.303 e. The lowest BCUT2D eigenvalue weighted by molar-refractivity contribution is -0.141. The second kappa shape index (κ2) is 3.46. The van der Waals surface area contributed by atoms with E-state index < -0.39 is 5.97 Å². The van der Waals surface area contributed by atoms with Gasteiger partial charge < -0.3 is 10.8 Å². The molecule has 2 aliphatic rings. The molecule has 0 aliphatic heterocycles. The van der Waals surface area contributed by atoms with Crippen molar-refractivity contribution in [2.45, 2.75) is 38.1 Å². The molecule has 2 saturated carbocycles. The first-order valence-corrected chi connectivity index (χ1v) is 4.57. The first kappa shape index (κ1) is 10.8. The molecule has 0 heterocycles. The third-order valence-corrected chi connectivity index (χ3v) is 3.30. The van der Waals surface area contributed by atoms with Crippen LogP contribution < -0.4 is 5.73 Å². The average Bonchev–Trinajstić information content (AvgIpc) is 1.78. The fourth-order valence-electron chi connectivity index (χ4n) is 2.94. The van der Waals surface area contributed by atoms with Crippen LogP contribution in [0.2, 0.25) is 0 Å². The number of rotatable bonds is 2. The Morgan fingerprint density at radius 3 is 2.31 bits per heavy atom. The van der Waals surface area contributed by atoms with Crippen molar-refractivity contribution in [1.82, 2.24) is 0 Å². The summed E-state index contributed by atoms with van der Waals surface area (Å²) in [7, 11) is 0. The standard InChI is InChI=1S/C9H15NO2.ClH/c10-7-4-9(5-7)2-6(3-9)1-8(11)12;/h6-7H,1-5,10H2,(H,11,12);1H. The Bertz CT molecular complexity index is 206. The van der Waals surface area contributed by atoms with Gasteiger partial charge in [0.2, 0.25) is 0 Å². The Balaban J connectivity index is 0.000000845. The second-order valence-corrected chi connectivity index (χ2v) is 4.54. The third-order valence-electron chi connectivity index (χ3n) is 3.30. The summed E-state index contributed by atoms with van der Waals surface area (Å²) in [6, 6.07) is 0.399. The number of carboxylic acid groups (broad SMARTS) is 1. The minimum atomic E-state index is -0.654. The number of hydrogen-bond donors (Lipinski definition) is 2. The third kappa shape index (κ3) is 1.97. The van der Waals surface area contributed by atoms with Gasteiger partial charge in [-0.1, -0.05) is 0 Å². The first-order chi connectivity index (χ1) is 5.60. The van der Waals surface area contributed by atoms with E-state index in [9.17, 15) is 4.79 Å². The summed E-state index contributed by atoms with van der Waals surface area (Å²) in [6.07, 6.45) is 4.82. The van der Waals surface area contributed by atoms with E-state index in [1.165, 1.54) is 0 Å². The summed E-state index contributed by atoms with van der Waals surface area (Å²) < 4.78 is 0. The lowest BCUT2D eigenvalue weighted by Crippen LogP contribution is -2.53. The van der Waals surface area contributed by atoms with Crippen molar-refractivity contribution in [1.29, 1.82) is 0 Å². The summed E-state index contributed by atoms with van der Waals surface area (Å²) in [6.45, 7) is 0. The molecule has 0 saturated heterocycles. The molecule has 76 valence electrons. The van der Waals surface area contributed by atoms with E-state index in [4.69, 9.17) is 10.8 Å². The van der Waals surface area contributed by atoms with Crippen LogP contribution in [0.1, 0.15) is 32.1 Å². The normalized spacial score (nSPS) is 41.6. The first-order valence-electron chi connectivity index (χ1n) is 4.57. The molecule has 0 radical (unpaired) electrons. The van der Waals surface area contributed by atoms with Gasteiger partial charge in [-0.3, -0.25) is 4.79 Å². The second-order valence-electron chi connectivity index (χ2n) is 4.54. The van der Waals surface area contributed by atoms with E-state index in [0.717, 1.165) is 25.7 Å². The van der Waals surface area contributed by atoms with Gasteiger partial charge in [-0.05, 0) is 37.0 Å². The van der Waals surface area contributed by atoms with Crippen LogP contribution in [0.5, 0.6) is 0 Å². The van der Waals surface area contributed by atoms with Crippen molar-refractivity contribution in [3.05, 3.63) is 0 Å². The van der Waals surface area contributed by atoms with Crippen LogP contribution in [-0.2, 0) is 4.79 Å². The Morgan fingerprint density at radius 1 is 1.38 bits per heavy atom. The molecule has 0 aromatic rings. The predicted molar refractivity (Wildman–Crippen MR) is 51.9 cm³/mol. The molecule has 0 unspecified atom stereocenters. The zero-order valence-corrected chi connectivity index (χ0v) is 8.35. The van der Waals surface area contributed by atoms with E-state index in [2.05, 4.69) is 0 Å². The Labute approximate surface area is 84.1 Å². The fraction of sp³-hybridized carbons (Fsp3) is 0.889. The van der Waals surface area contributed by atoms with Crippen molar-refractivity contribution in [2.24, 2.45) is 17.1 Å². The van der Waals surface area contributed by atoms with E-state index in [-0.39, 0.29) is 12.4 Å². The summed E-state index contributed by atoms with van der Waals surface area (Å²) >= 11 is 0. The molecule has 0 amide bonds. The maximum absolute atomic E-state index is 10.4. The highest BCUT2D eigenvalue weighted by Crippen LogP contribution is 2.58. The van der Waals surface area contributed by atoms with Crippen LogP contribution >= 0.6 is 12.4 Å². The highest BCUT2D eigenvalue weighted by molar-refractivity contribution is 5.85. The predicted octanol–water partition coefficient (Wildman–Crippen LogP) is 1.40. The van der Waals surface area contributed by atoms with E-state index in [1.54, 1.807) is 0 Å². The minimum Gasteiger partial charge on any atom is -0.481 e. The van der Waals surface area contributed by atoms with Gasteiger partial charge >= 0.3 is 5.97 Å².